The Hall–Kier alpha value is -1.26. The maximum absolute atomic E-state index is 11.9. The van der Waals surface area contributed by atoms with E-state index in [1.165, 1.54) is 11.3 Å². The molecule has 14 heteroatoms. The van der Waals surface area contributed by atoms with E-state index in [4.69, 9.17) is 33.0 Å². The smallest absolute Gasteiger partial charge is 0.870 e. The van der Waals surface area contributed by atoms with Gasteiger partial charge in [-0.25, -0.2) is 9.97 Å². The van der Waals surface area contributed by atoms with Crippen molar-refractivity contribution in [3.63, 3.8) is 0 Å². The molecular weight excluding hydrogens is 746 g/mol. The van der Waals surface area contributed by atoms with Gasteiger partial charge in [0.2, 0.25) is 0 Å². The number of ether oxygens (including phenoxy) is 1. The number of thiazole rings is 2. The largest absolute Gasteiger partial charge is 1.00 e. The molecule has 0 saturated heterocycles. The van der Waals surface area contributed by atoms with Crippen molar-refractivity contribution < 1.29 is 43.8 Å². The van der Waals surface area contributed by atoms with Crippen LogP contribution in [0.3, 0.4) is 0 Å². The van der Waals surface area contributed by atoms with Crippen LogP contribution in [-0.4, -0.2) is 39.1 Å². The van der Waals surface area contributed by atoms with Crippen LogP contribution in [0.5, 0.6) is 0 Å². The number of hydrogen-bond acceptors (Lipinski definition) is 8. The van der Waals surface area contributed by atoms with E-state index in [9.17, 15) is 9.59 Å². The van der Waals surface area contributed by atoms with E-state index in [2.05, 4.69) is 41.8 Å². The molecule has 42 heavy (non-hydrogen) atoms. The Balaban J connectivity index is 0.000000403. The minimum absolute atomic E-state index is 0. The third-order valence-corrected chi connectivity index (χ3v) is 8.91. The van der Waals surface area contributed by atoms with Crippen molar-refractivity contribution in [2.45, 2.75) is 45.4 Å². The minimum Gasteiger partial charge on any atom is -0.870 e. The first-order valence-electron chi connectivity index (χ1n) is 12.1. The maximum atomic E-state index is 11.9. The number of rotatable bonds is 9. The Morgan fingerprint density at radius 3 is 1.62 bits per heavy atom. The van der Waals surface area contributed by atoms with Crippen LogP contribution in [0.1, 0.15) is 62.5 Å². The van der Waals surface area contributed by atoms with Crippen LogP contribution in [-0.2, 0) is 14.3 Å². The molecule has 0 aliphatic heterocycles. The molecule has 0 saturated carbocycles. The Morgan fingerprint density at radius 1 is 0.857 bits per heavy atom. The summed E-state index contributed by atoms with van der Waals surface area (Å²) >= 11 is 22.1. The van der Waals surface area contributed by atoms with E-state index in [1.54, 1.807) is 36.6 Å². The summed E-state index contributed by atoms with van der Waals surface area (Å²) in [5.41, 5.74) is 1.81. The van der Waals surface area contributed by atoms with Crippen LogP contribution in [0.25, 0.3) is 0 Å². The van der Waals surface area contributed by atoms with Gasteiger partial charge in [0.25, 0.3) is 0 Å². The summed E-state index contributed by atoms with van der Waals surface area (Å²) in [7, 11) is 0. The number of carboxylic acid groups (broad SMARTS) is 1. The number of benzene rings is 2. The summed E-state index contributed by atoms with van der Waals surface area (Å²) in [6.45, 7) is 6.13. The van der Waals surface area contributed by atoms with Crippen molar-refractivity contribution in [1.82, 2.24) is 9.97 Å². The monoisotopic (exact) mass is 770 g/mol. The molecule has 2 N–H and O–H groups in total. The number of nitrogens with zero attached hydrogens (tertiary/aromatic N) is 2. The summed E-state index contributed by atoms with van der Waals surface area (Å²) in [6.07, 6.45) is 3.83. The van der Waals surface area contributed by atoms with Gasteiger partial charge in [0.15, 0.2) is 0 Å². The van der Waals surface area contributed by atoms with Crippen molar-refractivity contribution in [2.75, 3.05) is 6.61 Å². The fraction of sp³-hybridized carbons (Fsp3) is 0.286. The third-order valence-electron chi connectivity index (χ3n) is 5.50. The molecule has 2 unspecified atom stereocenters. The molecule has 4 aromatic rings. The Morgan fingerprint density at radius 2 is 1.29 bits per heavy atom. The van der Waals surface area contributed by atoms with Crippen molar-refractivity contribution in [1.29, 1.82) is 0 Å². The second-order valence-corrected chi connectivity index (χ2v) is 14.0. The van der Waals surface area contributed by atoms with Gasteiger partial charge in [-0.15, -0.1) is 22.7 Å². The molecule has 0 amide bonds. The van der Waals surface area contributed by atoms with Crippen molar-refractivity contribution in [2.24, 2.45) is 0 Å². The molecule has 2 aromatic carbocycles. The average molecular weight is 773 g/mol. The van der Waals surface area contributed by atoms with Gasteiger partial charge in [0.1, 0.15) is 10.0 Å². The molecule has 0 aliphatic carbocycles. The average Bonchev–Trinajstić information content (AvgIpc) is 3.48. The van der Waals surface area contributed by atoms with Gasteiger partial charge in [-0.05, 0) is 68.3 Å². The van der Waals surface area contributed by atoms with Gasteiger partial charge in [0.05, 0.1) is 19.4 Å². The summed E-state index contributed by atoms with van der Waals surface area (Å²) in [4.78, 5) is 33.8. The Labute approximate surface area is 291 Å². The van der Waals surface area contributed by atoms with Crippen LogP contribution in [0.15, 0.2) is 57.7 Å². The van der Waals surface area contributed by atoms with Gasteiger partial charge >= 0.3 is 30.8 Å². The van der Waals surface area contributed by atoms with E-state index < -0.39 is 5.97 Å². The number of aromatic nitrogens is 2. The van der Waals surface area contributed by atoms with Crippen LogP contribution < -0.4 is 18.9 Å². The zero-order chi connectivity index (χ0) is 29.4. The first kappa shape index (κ1) is 38.8. The summed E-state index contributed by atoms with van der Waals surface area (Å²) < 4.78 is 6.79. The number of aliphatic carboxylic acids is 1. The number of hydrogen-bond donors (Lipinski definition) is 1. The fourth-order valence-electron chi connectivity index (χ4n) is 3.88. The number of esters is 1. The maximum Gasteiger partial charge on any atom is 1.00 e. The van der Waals surface area contributed by atoms with Crippen LogP contribution >= 0.6 is 77.7 Å². The zero-order valence-corrected chi connectivity index (χ0v) is 29.6. The van der Waals surface area contributed by atoms with Crippen molar-refractivity contribution >= 4 is 89.7 Å². The van der Waals surface area contributed by atoms with Gasteiger partial charge in [0, 0.05) is 53.0 Å². The third kappa shape index (κ3) is 12.0. The quantitative estimate of drug-likeness (QED) is 0.158. The van der Waals surface area contributed by atoms with Crippen molar-refractivity contribution in [3.05, 3.63) is 98.7 Å². The first-order chi connectivity index (χ1) is 18.9. The predicted octanol–water partition coefficient (Wildman–Crippen LogP) is 6.25. The molecule has 4 rings (SSSR count). The molecule has 0 radical (unpaired) electrons. The standard InChI is InChI=1S/C15H15BrClNO2S.C13H11BrClNO2S.Li.H2O/c1-3-20-14(19)7-13(15-18-8-9(2)21-15)10-4-11(16)6-12(17)5-10;1-7-6-16-13(19-7)11(5-12(17)18)8-2-9(14)4-10(15)3-8;;/h4-6,8,13H,3,7H2,1-2H3;2-4,6,11H,5H2,1H3,(H,17,18);;1H2/q;;+1;/p-1. The summed E-state index contributed by atoms with van der Waals surface area (Å²) in [6, 6.07) is 11.1. The number of carboxylic acids is 1. The molecule has 0 aliphatic rings. The van der Waals surface area contributed by atoms with Gasteiger partial charge in [-0.3, -0.25) is 9.59 Å². The minimum atomic E-state index is -0.853. The van der Waals surface area contributed by atoms with Crippen LogP contribution in [0.2, 0.25) is 10.0 Å². The number of carbonyl (C=O) groups excluding carboxylic acids is 1. The SMILES string of the molecule is CCOC(=O)CC(c1cc(Cl)cc(Br)c1)c1ncc(C)s1.Cc1cnc(C(CC(=O)O)c2cc(Cl)cc(Br)c2)s1.[Li+].[OH-]. The first-order valence-corrected chi connectivity index (χ1v) is 16.1. The topological polar surface area (TPSA) is 119 Å². The molecule has 2 heterocycles. The molecular formula is C28H27Br2Cl2LiN2O5S2. The van der Waals surface area contributed by atoms with E-state index in [-0.39, 0.29) is 55.0 Å². The predicted molar refractivity (Wildman–Crippen MR) is 171 cm³/mol. The van der Waals surface area contributed by atoms with Crippen LogP contribution in [0.4, 0.5) is 0 Å². The summed E-state index contributed by atoms with van der Waals surface area (Å²) in [5.74, 6) is -1.50. The Bertz CT molecular complexity index is 1450. The fourth-order valence-corrected chi connectivity index (χ4v) is 7.45. The van der Waals surface area contributed by atoms with E-state index >= 15 is 0 Å². The molecule has 7 nitrogen and oxygen atoms in total. The number of carbonyl (C=O) groups is 2. The van der Waals surface area contributed by atoms with Gasteiger partial charge < -0.3 is 15.3 Å². The molecule has 0 spiro atoms. The molecule has 0 fully saturated rings. The van der Waals surface area contributed by atoms with Crippen molar-refractivity contribution in [3.8, 4) is 0 Å². The second-order valence-electron chi connectivity index (χ2n) is 8.74. The molecule has 2 aromatic heterocycles. The van der Waals surface area contributed by atoms with Crippen LogP contribution in [0, 0.1) is 13.8 Å². The van der Waals surface area contributed by atoms with Gasteiger partial charge in [-0.1, -0.05) is 55.1 Å². The van der Waals surface area contributed by atoms with E-state index in [0.717, 1.165) is 39.8 Å². The molecule has 2 atom stereocenters. The molecule has 220 valence electrons. The van der Waals surface area contributed by atoms with Gasteiger partial charge in [-0.2, -0.15) is 0 Å². The second kappa shape index (κ2) is 18.5. The molecule has 0 bridgehead atoms. The van der Waals surface area contributed by atoms with E-state index in [0.29, 0.717) is 16.7 Å². The Kier molecular flexibility index (Phi) is 17.1. The van der Waals surface area contributed by atoms with E-state index in [1.807, 2.05) is 44.3 Å². The number of halogens is 4. The number of aryl methyl sites for hydroxylation is 2. The summed E-state index contributed by atoms with van der Waals surface area (Å²) in [5, 5.41) is 12.0. The normalized spacial score (nSPS) is 11.7. The zero-order valence-electron chi connectivity index (χ0n) is 23.2.